The number of hydrogen-bond acceptors (Lipinski definition) is 4. The fourth-order valence-electron chi connectivity index (χ4n) is 1.87. The minimum Gasteiger partial charge on any atom is -0.319 e. The first-order chi connectivity index (χ1) is 10.1. The highest BCUT2D eigenvalue weighted by Gasteiger charge is 2.13. The summed E-state index contributed by atoms with van der Waals surface area (Å²) in [5.74, 6) is -0.138. The lowest BCUT2D eigenvalue weighted by Crippen LogP contribution is -2.12. The predicted octanol–water partition coefficient (Wildman–Crippen LogP) is 3.65. The Kier molecular flexibility index (Phi) is 3.85. The molecule has 1 aromatic carbocycles. The molecule has 3 rings (SSSR count). The number of aryl methyl sites for hydroxylation is 1. The highest BCUT2D eigenvalue weighted by Crippen LogP contribution is 2.28. The van der Waals surface area contributed by atoms with Crippen LogP contribution in [-0.2, 0) is 0 Å². The summed E-state index contributed by atoms with van der Waals surface area (Å²) in [6, 6.07) is 9.33. The Morgan fingerprint density at radius 1 is 1.38 bits per heavy atom. The van der Waals surface area contributed by atoms with Crippen molar-refractivity contribution in [1.82, 2.24) is 14.8 Å². The summed E-state index contributed by atoms with van der Waals surface area (Å²) in [7, 11) is 0. The maximum atomic E-state index is 12.3. The Bertz CT molecular complexity index is 763. The van der Waals surface area contributed by atoms with Crippen LogP contribution < -0.4 is 5.32 Å². The Balaban J connectivity index is 1.90. The van der Waals surface area contributed by atoms with Crippen molar-refractivity contribution in [2.75, 3.05) is 5.32 Å². The highest BCUT2D eigenvalue weighted by molar-refractivity contribution is 9.11. The molecule has 0 aliphatic heterocycles. The third kappa shape index (κ3) is 2.88. The second-order valence-electron chi connectivity index (χ2n) is 4.38. The van der Waals surface area contributed by atoms with E-state index in [9.17, 15) is 4.79 Å². The van der Waals surface area contributed by atoms with Crippen LogP contribution in [0.2, 0.25) is 0 Å². The van der Waals surface area contributed by atoms with Gasteiger partial charge in [-0.2, -0.15) is 5.10 Å². The van der Waals surface area contributed by atoms with Crippen molar-refractivity contribution >= 4 is 38.9 Å². The van der Waals surface area contributed by atoms with Crippen molar-refractivity contribution in [3.05, 3.63) is 57.2 Å². The summed E-state index contributed by atoms with van der Waals surface area (Å²) in [6.07, 6.45) is 3.05. The molecule has 0 aliphatic carbocycles. The van der Waals surface area contributed by atoms with Crippen molar-refractivity contribution in [2.45, 2.75) is 6.92 Å². The molecule has 1 N–H and O–H groups in total. The van der Waals surface area contributed by atoms with Gasteiger partial charge >= 0.3 is 0 Å². The van der Waals surface area contributed by atoms with E-state index >= 15 is 0 Å². The van der Waals surface area contributed by atoms with E-state index in [1.54, 1.807) is 11.0 Å². The minimum atomic E-state index is -0.138. The summed E-state index contributed by atoms with van der Waals surface area (Å²) < 4.78 is 2.59. The summed E-state index contributed by atoms with van der Waals surface area (Å²) >= 11 is 4.85. The molecular weight excluding hydrogens is 352 g/mol. The average molecular weight is 363 g/mol. The molecule has 0 radical (unpaired) electrons. The molecule has 0 fully saturated rings. The van der Waals surface area contributed by atoms with E-state index in [0.717, 1.165) is 15.0 Å². The predicted molar refractivity (Wildman–Crippen MR) is 86.1 cm³/mol. The van der Waals surface area contributed by atoms with Crippen LogP contribution in [0.3, 0.4) is 0 Å². The van der Waals surface area contributed by atoms with Gasteiger partial charge in [-0.3, -0.25) is 4.79 Å². The molecule has 0 saturated heterocycles. The van der Waals surface area contributed by atoms with E-state index in [1.165, 1.54) is 17.7 Å². The Morgan fingerprint density at radius 3 is 2.86 bits per heavy atom. The molecule has 0 atom stereocenters. The van der Waals surface area contributed by atoms with Gasteiger partial charge < -0.3 is 5.32 Å². The number of hydrogen-bond donors (Lipinski definition) is 1. The van der Waals surface area contributed by atoms with Gasteiger partial charge in [-0.1, -0.05) is 12.1 Å². The van der Waals surface area contributed by atoms with Gasteiger partial charge in [-0.15, -0.1) is 11.3 Å². The zero-order valence-electron chi connectivity index (χ0n) is 11.1. The summed E-state index contributed by atoms with van der Waals surface area (Å²) in [5.41, 5.74) is 2.51. The number of nitrogens with one attached hydrogen (secondary N) is 1. The number of rotatable bonds is 3. The summed E-state index contributed by atoms with van der Waals surface area (Å²) in [5, 5.41) is 7.01. The van der Waals surface area contributed by atoms with Crippen molar-refractivity contribution < 1.29 is 4.79 Å². The number of halogens is 1. The molecule has 106 valence electrons. The van der Waals surface area contributed by atoms with Gasteiger partial charge in [-0.05, 0) is 46.6 Å². The number of para-hydroxylation sites is 2. The average Bonchev–Trinajstić information content (AvgIpc) is 3.10. The number of carbonyl (C=O) groups is 1. The number of aromatic nitrogens is 3. The third-order valence-corrected chi connectivity index (χ3v) is 5.03. The van der Waals surface area contributed by atoms with Crippen LogP contribution in [0.1, 0.15) is 15.2 Å². The fraction of sp³-hybridized carbons (Fsp3) is 0.0714. The lowest BCUT2D eigenvalue weighted by Gasteiger charge is -2.09. The van der Waals surface area contributed by atoms with Crippen molar-refractivity contribution in [2.24, 2.45) is 0 Å². The molecular formula is C14H11BrN4OS. The number of benzene rings is 1. The number of thiophene rings is 1. The third-order valence-electron chi connectivity index (χ3n) is 2.90. The summed E-state index contributed by atoms with van der Waals surface area (Å²) in [4.78, 5) is 16.9. The van der Waals surface area contributed by atoms with E-state index in [2.05, 4.69) is 31.3 Å². The minimum absolute atomic E-state index is 0.138. The summed E-state index contributed by atoms with van der Waals surface area (Å²) in [6.45, 7) is 1.96. The van der Waals surface area contributed by atoms with Crippen LogP contribution >= 0.6 is 27.3 Å². The Labute approximate surface area is 133 Å². The fourth-order valence-corrected chi connectivity index (χ4v) is 3.30. The number of anilines is 1. The first kappa shape index (κ1) is 14.0. The van der Waals surface area contributed by atoms with Gasteiger partial charge in [0, 0.05) is 0 Å². The van der Waals surface area contributed by atoms with E-state index < -0.39 is 0 Å². The Morgan fingerprint density at radius 2 is 2.19 bits per heavy atom. The SMILES string of the molecule is Cc1cc(C(=O)Nc2ccccc2-n2cncn2)sc1Br. The Hall–Kier alpha value is -1.99. The molecule has 7 heteroatoms. The molecule has 0 spiro atoms. The second kappa shape index (κ2) is 5.79. The normalized spacial score (nSPS) is 10.6. The van der Waals surface area contributed by atoms with Gasteiger partial charge in [-0.25, -0.2) is 9.67 Å². The molecule has 0 aliphatic rings. The van der Waals surface area contributed by atoms with Crippen LogP contribution in [0.15, 0.2) is 46.8 Å². The van der Waals surface area contributed by atoms with Crippen LogP contribution in [0, 0.1) is 6.92 Å². The molecule has 0 unspecified atom stereocenters. The second-order valence-corrected chi connectivity index (χ2v) is 6.75. The molecule has 1 amide bonds. The van der Waals surface area contributed by atoms with Crippen LogP contribution in [0.4, 0.5) is 5.69 Å². The first-order valence-corrected chi connectivity index (χ1v) is 7.77. The van der Waals surface area contributed by atoms with Gasteiger partial charge in [0.1, 0.15) is 12.7 Å². The number of amides is 1. The zero-order valence-corrected chi connectivity index (χ0v) is 13.5. The molecule has 5 nitrogen and oxygen atoms in total. The topological polar surface area (TPSA) is 59.8 Å². The molecule has 21 heavy (non-hydrogen) atoms. The van der Waals surface area contributed by atoms with E-state index in [-0.39, 0.29) is 5.91 Å². The molecule has 2 aromatic heterocycles. The number of nitrogens with zero attached hydrogens (tertiary/aromatic N) is 3. The van der Waals surface area contributed by atoms with E-state index in [0.29, 0.717) is 10.6 Å². The van der Waals surface area contributed by atoms with Crippen molar-refractivity contribution in [3.8, 4) is 5.69 Å². The lowest BCUT2D eigenvalue weighted by molar-refractivity contribution is 0.103. The molecule has 2 heterocycles. The zero-order chi connectivity index (χ0) is 14.8. The largest absolute Gasteiger partial charge is 0.319 e. The van der Waals surface area contributed by atoms with Crippen molar-refractivity contribution in [3.63, 3.8) is 0 Å². The lowest BCUT2D eigenvalue weighted by atomic mass is 10.2. The maximum Gasteiger partial charge on any atom is 0.265 e. The molecule has 0 saturated carbocycles. The van der Waals surface area contributed by atoms with E-state index in [1.807, 2.05) is 37.3 Å². The van der Waals surface area contributed by atoms with Crippen LogP contribution in [0.5, 0.6) is 0 Å². The molecule has 3 aromatic rings. The molecule has 0 bridgehead atoms. The number of carbonyl (C=O) groups excluding carboxylic acids is 1. The monoisotopic (exact) mass is 362 g/mol. The van der Waals surface area contributed by atoms with Gasteiger partial charge in [0.15, 0.2) is 0 Å². The maximum absolute atomic E-state index is 12.3. The van der Waals surface area contributed by atoms with Crippen LogP contribution in [-0.4, -0.2) is 20.7 Å². The van der Waals surface area contributed by atoms with Crippen molar-refractivity contribution in [1.29, 1.82) is 0 Å². The smallest absolute Gasteiger partial charge is 0.265 e. The van der Waals surface area contributed by atoms with Gasteiger partial charge in [0.05, 0.1) is 20.0 Å². The first-order valence-electron chi connectivity index (χ1n) is 6.16. The highest BCUT2D eigenvalue weighted by atomic mass is 79.9. The van der Waals surface area contributed by atoms with Gasteiger partial charge in [0.2, 0.25) is 0 Å². The van der Waals surface area contributed by atoms with Gasteiger partial charge in [0.25, 0.3) is 5.91 Å². The quantitative estimate of drug-likeness (QED) is 0.773. The standard InChI is InChI=1S/C14H11BrN4OS/c1-9-6-12(21-13(9)15)14(20)18-10-4-2-3-5-11(10)19-8-16-7-17-19/h2-8H,1H3,(H,18,20). The van der Waals surface area contributed by atoms with E-state index in [4.69, 9.17) is 0 Å². The van der Waals surface area contributed by atoms with Crippen LogP contribution in [0.25, 0.3) is 5.69 Å².